The van der Waals surface area contributed by atoms with Gasteiger partial charge in [0.15, 0.2) is 6.10 Å². The lowest BCUT2D eigenvalue weighted by atomic mass is 10.1. The van der Waals surface area contributed by atoms with Gasteiger partial charge in [-0.3, -0.25) is 14.4 Å². The van der Waals surface area contributed by atoms with Crippen LogP contribution < -0.4 is 0 Å². The van der Waals surface area contributed by atoms with Gasteiger partial charge in [-0.15, -0.1) is 0 Å². The largest absolute Gasteiger partial charge is 0.462 e. The van der Waals surface area contributed by atoms with Crippen molar-refractivity contribution in [2.45, 2.75) is 226 Å². The van der Waals surface area contributed by atoms with Gasteiger partial charge in [0.05, 0.1) is 0 Å². The average Bonchev–Trinajstić information content (AvgIpc) is 3.17. The summed E-state index contributed by atoms with van der Waals surface area (Å²) >= 11 is 0. The number of ether oxygens (including phenoxy) is 3. The van der Waals surface area contributed by atoms with Gasteiger partial charge in [-0.25, -0.2) is 0 Å². The van der Waals surface area contributed by atoms with E-state index in [0.29, 0.717) is 19.3 Å². The lowest BCUT2D eigenvalue weighted by molar-refractivity contribution is -0.167. The third kappa shape index (κ3) is 40.6. The minimum atomic E-state index is -0.777. The van der Waals surface area contributed by atoms with Gasteiger partial charge in [0.1, 0.15) is 13.2 Å². The van der Waals surface area contributed by atoms with E-state index in [4.69, 9.17) is 14.2 Å². The maximum atomic E-state index is 12.7. The minimum absolute atomic E-state index is 0.0821. The standard InChI is InChI=1S/C48H84O6/c1-4-7-10-13-16-19-22-23-24-25-27-29-32-35-38-41-47(50)53-44-45(43-52-46(49)40-37-34-31-28-21-18-15-12-9-6-3)54-48(51)42-39-36-33-30-26-20-17-14-11-8-5-2/h7,10,12,15-16,19,23-24,45H,4-6,8-9,11,13-14,17-18,20-22,25-44H2,1-3H3/b10-7-,15-12-,19-16-,24-23-. The highest BCUT2D eigenvalue weighted by molar-refractivity contribution is 5.71. The van der Waals surface area contributed by atoms with Crippen LogP contribution in [0.25, 0.3) is 0 Å². The Morgan fingerprint density at radius 1 is 0.389 bits per heavy atom. The Hall–Kier alpha value is -2.63. The van der Waals surface area contributed by atoms with Gasteiger partial charge >= 0.3 is 17.9 Å². The number of carbonyl (C=O) groups is 3. The van der Waals surface area contributed by atoms with Crippen LogP contribution in [0.5, 0.6) is 0 Å². The Morgan fingerprint density at radius 3 is 1.22 bits per heavy atom. The number of hydrogen-bond donors (Lipinski definition) is 0. The van der Waals surface area contributed by atoms with E-state index in [1.807, 2.05) is 0 Å². The van der Waals surface area contributed by atoms with E-state index in [1.54, 1.807) is 0 Å². The molecule has 0 saturated carbocycles. The zero-order valence-electron chi connectivity index (χ0n) is 35.5. The number of rotatable bonds is 40. The van der Waals surface area contributed by atoms with E-state index in [9.17, 15) is 14.4 Å². The molecule has 0 amide bonds. The van der Waals surface area contributed by atoms with Crippen molar-refractivity contribution in [2.75, 3.05) is 13.2 Å². The molecule has 0 bridgehead atoms. The fourth-order valence-corrected chi connectivity index (χ4v) is 6.16. The minimum Gasteiger partial charge on any atom is -0.462 e. The van der Waals surface area contributed by atoms with Crippen LogP contribution in [-0.2, 0) is 28.6 Å². The molecule has 54 heavy (non-hydrogen) atoms. The van der Waals surface area contributed by atoms with Crippen molar-refractivity contribution in [1.29, 1.82) is 0 Å². The predicted molar refractivity (Wildman–Crippen MR) is 229 cm³/mol. The summed E-state index contributed by atoms with van der Waals surface area (Å²) in [6.07, 6.45) is 49.5. The van der Waals surface area contributed by atoms with Crippen molar-refractivity contribution in [2.24, 2.45) is 0 Å². The summed E-state index contributed by atoms with van der Waals surface area (Å²) in [6, 6.07) is 0. The van der Waals surface area contributed by atoms with E-state index in [2.05, 4.69) is 69.4 Å². The second-order valence-corrected chi connectivity index (χ2v) is 14.9. The molecule has 0 heterocycles. The first-order valence-electron chi connectivity index (χ1n) is 22.6. The van der Waals surface area contributed by atoms with Crippen molar-refractivity contribution in [3.05, 3.63) is 48.6 Å². The Balaban J connectivity index is 4.38. The Kier molecular flexibility index (Phi) is 41.0. The van der Waals surface area contributed by atoms with Gasteiger partial charge in [-0.05, 0) is 70.6 Å². The SMILES string of the molecule is CC/C=C\C/C=C\C/C=C\CCCCCCCC(=O)OCC(COC(=O)CCCCCCC/C=C\CCC)OC(=O)CCCCCCCCCCCCC. The topological polar surface area (TPSA) is 78.9 Å². The van der Waals surface area contributed by atoms with Crippen LogP contribution in [0.15, 0.2) is 48.6 Å². The molecule has 0 aromatic rings. The second-order valence-electron chi connectivity index (χ2n) is 14.9. The molecule has 0 saturated heterocycles. The summed E-state index contributed by atoms with van der Waals surface area (Å²) in [5.41, 5.74) is 0. The van der Waals surface area contributed by atoms with Gasteiger partial charge in [0, 0.05) is 19.3 Å². The highest BCUT2D eigenvalue weighted by Crippen LogP contribution is 2.14. The van der Waals surface area contributed by atoms with Crippen LogP contribution in [0.4, 0.5) is 0 Å². The van der Waals surface area contributed by atoms with E-state index >= 15 is 0 Å². The molecule has 0 radical (unpaired) electrons. The Bertz CT molecular complexity index is 964. The summed E-state index contributed by atoms with van der Waals surface area (Å²) < 4.78 is 16.7. The van der Waals surface area contributed by atoms with E-state index in [1.165, 1.54) is 70.6 Å². The van der Waals surface area contributed by atoms with Crippen LogP contribution in [-0.4, -0.2) is 37.2 Å². The second kappa shape index (κ2) is 43.1. The number of hydrogen-bond acceptors (Lipinski definition) is 6. The molecule has 0 fully saturated rings. The van der Waals surface area contributed by atoms with Gasteiger partial charge in [0.25, 0.3) is 0 Å². The molecular weight excluding hydrogens is 673 g/mol. The fourth-order valence-electron chi connectivity index (χ4n) is 6.16. The van der Waals surface area contributed by atoms with Crippen molar-refractivity contribution in [3.8, 4) is 0 Å². The van der Waals surface area contributed by atoms with Crippen LogP contribution >= 0.6 is 0 Å². The molecular formula is C48H84O6. The molecule has 0 aliphatic carbocycles. The third-order valence-electron chi connectivity index (χ3n) is 9.55. The van der Waals surface area contributed by atoms with Crippen LogP contribution in [0, 0.1) is 0 Å². The van der Waals surface area contributed by atoms with E-state index < -0.39 is 6.10 Å². The van der Waals surface area contributed by atoms with E-state index in [0.717, 1.165) is 109 Å². The Morgan fingerprint density at radius 2 is 0.759 bits per heavy atom. The van der Waals surface area contributed by atoms with Crippen LogP contribution in [0.2, 0.25) is 0 Å². The normalized spacial score (nSPS) is 12.4. The summed E-state index contributed by atoms with van der Waals surface area (Å²) in [7, 11) is 0. The molecule has 0 aliphatic heterocycles. The fraction of sp³-hybridized carbons (Fsp3) is 0.771. The Labute approximate surface area is 333 Å². The quantitative estimate of drug-likeness (QED) is 0.0268. The van der Waals surface area contributed by atoms with Gasteiger partial charge < -0.3 is 14.2 Å². The molecule has 6 nitrogen and oxygen atoms in total. The summed E-state index contributed by atoms with van der Waals surface area (Å²) in [5, 5.41) is 0. The maximum absolute atomic E-state index is 12.7. The molecule has 1 atom stereocenters. The molecule has 0 aromatic heterocycles. The van der Waals surface area contributed by atoms with Gasteiger partial charge in [0.2, 0.25) is 0 Å². The van der Waals surface area contributed by atoms with Crippen molar-refractivity contribution in [1.82, 2.24) is 0 Å². The first kappa shape index (κ1) is 51.4. The monoisotopic (exact) mass is 757 g/mol. The number of esters is 3. The molecule has 6 heteroatoms. The predicted octanol–water partition coefficient (Wildman–Crippen LogP) is 14.4. The van der Waals surface area contributed by atoms with Crippen LogP contribution in [0.3, 0.4) is 0 Å². The smallest absolute Gasteiger partial charge is 0.306 e. The van der Waals surface area contributed by atoms with Crippen LogP contribution in [0.1, 0.15) is 220 Å². The van der Waals surface area contributed by atoms with Gasteiger partial charge in [-0.1, -0.05) is 179 Å². The molecule has 0 aromatic carbocycles. The van der Waals surface area contributed by atoms with Crippen molar-refractivity contribution >= 4 is 17.9 Å². The molecule has 1 unspecified atom stereocenters. The zero-order chi connectivity index (χ0) is 39.4. The molecule has 0 N–H and O–H groups in total. The van der Waals surface area contributed by atoms with Gasteiger partial charge in [-0.2, -0.15) is 0 Å². The average molecular weight is 757 g/mol. The highest BCUT2D eigenvalue weighted by Gasteiger charge is 2.19. The lowest BCUT2D eigenvalue weighted by Gasteiger charge is -2.18. The third-order valence-corrected chi connectivity index (χ3v) is 9.55. The number of carbonyl (C=O) groups excluding carboxylic acids is 3. The first-order chi connectivity index (χ1) is 26.5. The molecule has 0 spiro atoms. The number of unbranched alkanes of at least 4 members (excludes halogenated alkanes) is 21. The van der Waals surface area contributed by atoms with Crippen molar-refractivity contribution < 1.29 is 28.6 Å². The molecule has 0 rings (SSSR count). The lowest BCUT2D eigenvalue weighted by Crippen LogP contribution is -2.30. The first-order valence-corrected chi connectivity index (χ1v) is 22.6. The highest BCUT2D eigenvalue weighted by atomic mass is 16.6. The number of allylic oxidation sites excluding steroid dienone is 8. The van der Waals surface area contributed by atoms with Crippen molar-refractivity contribution in [3.63, 3.8) is 0 Å². The summed E-state index contributed by atoms with van der Waals surface area (Å²) in [4.78, 5) is 37.7. The molecule has 0 aliphatic rings. The zero-order valence-corrected chi connectivity index (χ0v) is 35.5. The molecule has 312 valence electrons. The summed E-state index contributed by atoms with van der Waals surface area (Å²) in [5.74, 6) is -0.911. The summed E-state index contributed by atoms with van der Waals surface area (Å²) in [6.45, 7) is 6.42. The van der Waals surface area contributed by atoms with E-state index in [-0.39, 0.29) is 31.1 Å². The maximum Gasteiger partial charge on any atom is 0.306 e.